The van der Waals surface area contributed by atoms with Crippen molar-refractivity contribution in [2.45, 2.75) is 39.2 Å². The molecule has 0 aromatic heterocycles. The van der Waals surface area contributed by atoms with Crippen LogP contribution in [0.3, 0.4) is 0 Å². The van der Waals surface area contributed by atoms with Gasteiger partial charge in [-0.25, -0.2) is 0 Å². The Labute approximate surface area is 176 Å². The summed E-state index contributed by atoms with van der Waals surface area (Å²) in [4.78, 5) is 2.55. The molecule has 5 heteroatoms. The van der Waals surface area contributed by atoms with E-state index in [2.05, 4.69) is 54.3 Å². The summed E-state index contributed by atoms with van der Waals surface area (Å²) in [5, 5.41) is 0. The molecule has 0 aliphatic carbocycles. The number of nitrogens with zero attached hydrogens (tertiary/aromatic N) is 2. The molecule has 4 rings (SSSR count). The van der Waals surface area contributed by atoms with Crippen molar-refractivity contribution < 1.29 is 8.76 Å². The van der Waals surface area contributed by atoms with Gasteiger partial charge in [0, 0.05) is 18.5 Å². The van der Waals surface area contributed by atoms with Gasteiger partial charge >= 0.3 is 0 Å². The van der Waals surface area contributed by atoms with Gasteiger partial charge in [-0.2, -0.15) is 0 Å². The van der Waals surface area contributed by atoms with E-state index in [1.807, 2.05) is 6.07 Å². The van der Waals surface area contributed by atoms with Gasteiger partial charge in [-0.3, -0.25) is 0 Å². The van der Waals surface area contributed by atoms with Crippen LogP contribution in [0.1, 0.15) is 35.1 Å². The topological polar surface area (TPSA) is 46.6 Å². The first-order valence-electron chi connectivity index (χ1n) is 10.6. The summed E-state index contributed by atoms with van der Waals surface area (Å²) in [6.07, 6.45) is 5.59. The third-order valence-corrected chi connectivity index (χ3v) is 7.79. The number of piperidine rings is 1. The van der Waals surface area contributed by atoms with E-state index in [-0.39, 0.29) is 5.41 Å². The Morgan fingerprint density at radius 1 is 1.07 bits per heavy atom. The van der Waals surface area contributed by atoms with E-state index in [0.29, 0.717) is 13.1 Å². The molecule has 2 aromatic rings. The van der Waals surface area contributed by atoms with Crippen LogP contribution in [0.4, 0.5) is 0 Å². The third-order valence-electron chi connectivity index (χ3n) is 6.59. The van der Waals surface area contributed by atoms with Crippen LogP contribution in [-0.2, 0) is 34.0 Å². The minimum atomic E-state index is -3.23. The first-order chi connectivity index (χ1) is 13.8. The van der Waals surface area contributed by atoms with Crippen molar-refractivity contribution in [2.75, 3.05) is 32.4 Å². The van der Waals surface area contributed by atoms with Gasteiger partial charge in [-0.05, 0) is 55.8 Å². The second-order valence-corrected chi connectivity index (χ2v) is 11.1. The Hall–Kier alpha value is -1.53. The van der Waals surface area contributed by atoms with E-state index in [0.717, 1.165) is 50.9 Å². The average Bonchev–Trinajstić information content (AvgIpc) is 2.84. The van der Waals surface area contributed by atoms with Crippen molar-refractivity contribution in [3.63, 3.8) is 0 Å². The van der Waals surface area contributed by atoms with E-state index >= 15 is 0 Å². The fraction of sp³-hybridized carbons (Fsp3) is 0.500. The van der Waals surface area contributed by atoms with Crippen LogP contribution in [0.15, 0.2) is 48.5 Å². The van der Waals surface area contributed by atoms with Gasteiger partial charge in [0.25, 0.3) is 0 Å². The van der Waals surface area contributed by atoms with Gasteiger partial charge in [0.2, 0.25) is 0 Å². The lowest BCUT2D eigenvalue weighted by molar-refractivity contribution is 0.0713. The highest BCUT2D eigenvalue weighted by Crippen LogP contribution is 2.39. The summed E-state index contributed by atoms with van der Waals surface area (Å²) in [7, 11) is -3.23. The number of likely N-dealkylation sites (tertiary alicyclic amines) is 1. The van der Waals surface area contributed by atoms with E-state index in [1.54, 1.807) is 4.31 Å². The van der Waals surface area contributed by atoms with Crippen molar-refractivity contribution in [3.8, 4) is 0 Å². The number of hydrogen-bond acceptors (Lipinski definition) is 3. The third kappa shape index (κ3) is 4.97. The molecule has 0 N–H and O–H groups in total. The van der Waals surface area contributed by atoms with E-state index in [9.17, 15) is 8.76 Å². The summed E-state index contributed by atoms with van der Waals surface area (Å²) < 4.78 is 26.7. The van der Waals surface area contributed by atoms with Crippen molar-refractivity contribution in [2.24, 2.45) is 5.41 Å². The lowest BCUT2D eigenvalue weighted by Gasteiger charge is -2.44. The summed E-state index contributed by atoms with van der Waals surface area (Å²) >= 11 is 0. The molecule has 0 bridgehead atoms. The summed E-state index contributed by atoms with van der Waals surface area (Å²) in [6.45, 7) is 6.36. The Kier molecular flexibility index (Phi) is 5.94. The fourth-order valence-electron chi connectivity index (χ4n) is 5.01. The van der Waals surface area contributed by atoms with Crippen LogP contribution < -0.4 is 0 Å². The van der Waals surface area contributed by atoms with Crippen LogP contribution in [0, 0.1) is 12.3 Å². The number of aryl methyl sites for hydroxylation is 1. The SMILES string of the molecule is Cc1ccc(CCN2CCCC3(Cc4ccccc4CN([S+](C)(=O)[O-])C3)C2)cc1. The Bertz CT molecular complexity index is 892. The molecule has 0 amide bonds. The zero-order valence-electron chi connectivity index (χ0n) is 17.6. The molecular weight excluding hydrogens is 380 g/mol. The lowest BCUT2D eigenvalue weighted by atomic mass is 9.75. The van der Waals surface area contributed by atoms with Crippen LogP contribution in [0.5, 0.6) is 0 Å². The van der Waals surface area contributed by atoms with Crippen LogP contribution in [0.25, 0.3) is 0 Å². The molecule has 1 spiro atoms. The lowest BCUT2D eigenvalue weighted by Crippen LogP contribution is -2.51. The quantitative estimate of drug-likeness (QED) is 0.717. The van der Waals surface area contributed by atoms with Crippen molar-refractivity contribution >= 4 is 10.4 Å². The Balaban J connectivity index is 1.53. The smallest absolute Gasteiger partial charge is 0.122 e. The number of hydrogen-bond donors (Lipinski definition) is 0. The zero-order chi connectivity index (χ0) is 20.5. The number of sulfonamides is 1. The standard InChI is InChI=1S/C24H32N2O2S/c1-20-8-10-21(11-9-20)12-15-25-14-5-13-24(18-25)16-22-6-3-4-7-23(22)17-26(19-24)29(2,27)28/h3-4,6-11H,5,12-19H2,1-2H3. The minimum absolute atomic E-state index is 0.00120. The molecule has 29 heavy (non-hydrogen) atoms. The van der Waals surface area contributed by atoms with Crippen molar-refractivity contribution in [1.29, 1.82) is 0 Å². The maximum Gasteiger partial charge on any atom is 0.122 e. The van der Waals surface area contributed by atoms with E-state index in [1.165, 1.54) is 22.9 Å². The Morgan fingerprint density at radius 2 is 1.79 bits per heavy atom. The molecule has 1 saturated heterocycles. The maximum atomic E-state index is 12.5. The second-order valence-electron chi connectivity index (χ2n) is 9.09. The van der Waals surface area contributed by atoms with E-state index < -0.39 is 10.4 Å². The van der Waals surface area contributed by atoms with Crippen LogP contribution in [-0.4, -0.2) is 46.2 Å². The number of rotatable bonds is 4. The molecule has 2 aliphatic rings. The molecular formula is C24H32N2O2S. The Morgan fingerprint density at radius 3 is 2.52 bits per heavy atom. The highest BCUT2D eigenvalue weighted by atomic mass is 32.3. The molecule has 2 atom stereocenters. The molecule has 2 aromatic carbocycles. The van der Waals surface area contributed by atoms with Crippen molar-refractivity contribution in [1.82, 2.24) is 9.21 Å². The number of benzene rings is 2. The highest BCUT2D eigenvalue weighted by Gasteiger charge is 2.42. The fourth-order valence-corrected chi connectivity index (χ4v) is 5.90. The van der Waals surface area contributed by atoms with E-state index in [4.69, 9.17) is 0 Å². The first kappa shape index (κ1) is 20.7. The maximum absolute atomic E-state index is 12.5. The summed E-state index contributed by atoms with van der Waals surface area (Å²) in [5.74, 6) is 0. The van der Waals surface area contributed by atoms with Gasteiger partial charge in [-0.1, -0.05) is 58.3 Å². The van der Waals surface area contributed by atoms with Crippen LogP contribution in [0.2, 0.25) is 0 Å². The molecule has 4 nitrogen and oxygen atoms in total. The molecule has 2 heterocycles. The van der Waals surface area contributed by atoms with Gasteiger partial charge in [0.15, 0.2) is 0 Å². The largest absolute Gasteiger partial charge is 0.598 e. The van der Waals surface area contributed by atoms with Crippen LogP contribution >= 0.6 is 0 Å². The van der Waals surface area contributed by atoms with Gasteiger partial charge in [-0.15, -0.1) is 4.31 Å². The van der Waals surface area contributed by atoms with Gasteiger partial charge < -0.3 is 9.45 Å². The molecule has 0 saturated carbocycles. The second kappa shape index (κ2) is 8.31. The predicted molar refractivity (Wildman–Crippen MR) is 118 cm³/mol. The monoisotopic (exact) mass is 412 g/mol. The first-order valence-corrected chi connectivity index (χ1v) is 12.5. The number of fused-ring (bicyclic) bond motifs is 1. The molecule has 2 aliphatic heterocycles. The van der Waals surface area contributed by atoms with Gasteiger partial charge in [0.1, 0.15) is 16.7 Å². The molecule has 0 radical (unpaired) electrons. The predicted octanol–water partition coefficient (Wildman–Crippen LogP) is 3.85. The van der Waals surface area contributed by atoms with Crippen molar-refractivity contribution in [3.05, 3.63) is 70.8 Å². The highest BCUT2D eigenvalue weighted by molar-refractivity contribution is 7.94. The molecule has 2 unspecified atom stereocenters. The summed E-state index contributed by atoms with van der Waals surface area (Å²) in [5.41, 5.74) is 5.15. The van der Waals surface area contributed by atoms with Gasteiger partial charge in [0.05, 0.1) is 13.1 Å². The molecule has 156 valence electrons. The zero-order valence-corrected chi connectivity index (χ0v) is 18.4. The average molecular weight is 413 g/mol. The normalized spacial score (nSPS) is 25.3. The minimum Gasteiger partial charge on any atom is -0.598 e. The molecule has 1 fully saturated rings. The summed E-state index contributed by atoms with van der Waals surface area (Å²) in [6, 6.07) is 17.2.